The van der Waals surface area contributed by atoms with Crippen molar-refractivity contribution in [3.05, 3.63) is 34.6 Å². The maximum absolute atomic E-state index is 12.9. The standard InChI is InChI=1S/C13H18ClFN2O/c1-8(2)5-12(16)13(18)17-7-9-3-4-11(15)10(14)6-9/h3-4,6,8,12H,5,7,16H2,1-2H3,(H,17,18)/t12-/m0/s1. The van der Waals surface area contributed by atoms with Gasteiger partial charge in [-0.2, -0.15) is 0 Å². The van der Waals surface area contributed by atoms with E-state index >= 15 is 0 Å². The maximum atomic E-state index is 12.9. The summed E-state index contributed by atoms with van der Waals surface area (Å²) in [7, 11) is 0. The monoisotopic (exact) mass is 272 g/mol. The molecule has 1 atom stereocenters. The number of carbonyl (C=O) groups excluding carboxylic acids is 1. The average molecular weight is 273 g/mol. The van der Waals surface area contributed by atoms with E-state index in [1.807, 2.05) is 13.8 Å². The Balaban J connectivity index is 2.49. The Hall–Kier alpha value is -1.13. The second-order valence-corrected chi connectivity index (χ2v) is 5.11. The molecule has 0 aliphatic heterocycles. The Morgan fingerprint density at radius 2 is 2.17 bits per heavy atom. The van der Waals surface area contributed by atoms with Crippen LogP contribution in [0.2, 0.25) is 5.02 Å². The van der Waals surface area contributed by atoms with Crippen molar-refractivity contribution >= 4 is 17.5 Å². The van der Waals surface area contributed by atoms with Crippen LogP contribution in [0, 0.1) is 11.7 Å². The fraction of sp³-hybridized carbons (Fsp3) is 0.462. The van der Waals surface area contributed by atoms with Gasteiger partial charge >= 0.3 is 0 Å². The van der Waals surface area contributed by atoms with E-state index in [1.165, 1.54) is 12.1 Å². The lowest BCUT2D eigenvalue weighted by molar-refractivity contribution is -0.122. The van der Waals surface area contributed by atoms with E-state index in [2.05, 4.69) is 5.32 Å². The first-order valence-electron chi connectivity index (χ1n) is 5.87. The molecule has 1 aromatic carbocycles. The zero-order chi connectivity index (χ0) is 13.7. The van der Waals surface area contributed by atoms with E-state index in [9.17, 15) is 9.18 Å². The fourth-order valence-electron chi connectivity index (χ4n) is 1.58. The van der Waals surface area contributed by atoms with E-state index in [0.717, 1.165) is 5.56 Å². The number of nitrogens with two attached hydrogens (primary N) is 1. The molecule has 0 fully saturated rings. The van der Waals surface area contributed by atoms with E-state index in [0.29, 0.717) is 18.9 Å². The van der Waals surface area contributed by atoms with Gasteiger partial charge in [0.1, 0.15) is 5.82 Å². The van der Waals surface area contributed by atoms with Crippen LogP contribution in [0.5, 0.6) is 0 Å². The van der Waals surface area contributed by atoms with Crippen molar-refractivity contribution in [2.45, 2.75) is 32.9 Å². The molecule has 1 rings (SSSR count). The smallest absolute Gasteiger partial charge is 0.237 e. The summed E-state index contributed by atoms with van der Waals surface area (Å²) in [5, 5.41) is 2.76. The van der Waals surface area contributed by atoms with Crippen LogP contribution < -0.4 is 11.1 Å². The summed E-state index contributed by atoms with van der Waals surface area (Å²) in [4.78, 5) is 11.7. The highest BCUT2D eigenvalue weighted by Crippen LogP contribution is 2.15. The third kappa shape index (κ3) is 4.63. The lowest BCUT2D eigenvalue weighted by Crippen LogP contribution is -2.41. The van der Waals surface area contributed by atoms with Crippen LogP contribution in [0.3, 0.4) is 0 Å². The van der Waals surface area contributed by atoms with Gasteiger partial charge in [0.15, 0.2) is 0 Å². The normalized spacial score (nSPS) is 12.6. The summed E-state index contributed by atoms with van der Waals surface area (Å²) >= 11 is 5.65. The van der Waals surface area contributed by atoms with E-state index in [4.69, 9.17) is 17.3 Å². The predicted molar refractivity (Wildman–Crippen MR) is 70.7 cm³/mol. The van der Waals surface area contributed by atoms with Crippen molar-refractivity contribution in [1.82, 2.24) is 5.32 Å². The van der Waals surface area contributed by atoms with Gasteiger partial charge in [-0.3, -0.25) is 4.79 Å². The third-order valence-corrected chi connectivity index (χ3v) is 2.80. The van der Waals surface area contributed by atoms with Crippen LogP contribution in [-0.2, 0) is 11.3 Å². The molecule has 18 heavy (non-hydrogen) atoms. The highest BCUT2D eigenvalue weighted by molar-refractivity contribution is 6.30. The second kappa shape index (κ2) is 6.71. The molecule has 5 heteroatoms. The molecular formula is C13H18ClFN2O. The van der Waals surface area contributed by atoms with Crippen LogP contribution in [-0.4, -0.2) is 11.9 Å². The summed E-state index contributed by atoms with van der Waals surface area (Å²) < 4.78 is 12.9. The van der Waals surface area contributed by atoms with Gasteiger partial charge in [-0.05, 0) is 30.0 Å². The first-order valence-corrected chi connectivity index (χ1v) is 6.25. The van der Waals surface area contributed by atoms with Crippen LogP contribution in [0.25, 0.3) is 0 Å². The Kier molecular flexibility index (Phi) is 5.56. The van der Waals surface area contributed by atoms with E-state index in [-0.39, 0.29) is 10.9 Å². The summed E-state index contributed by atoms with van der Waals surface area (Å²) in [5.41, 5.74) is 6.48. The number of carbonyl (C=O) groups is 1. The molecule has 0 aliphatic rings. The molecule has 0 aromatic heterocycles. The molecule has 0 unspecified atom stereocenters. The topological polar surface area (TPSA) is 55.1 Å². The van der Waals surface area contributed by atoms with E-state index < -0.39 is 11.9 Å². The van der Waals surface area contributed by atoms with Crippen LogP contribution in [0.15, 0.2) is 18.2 Å². The van der Waals surface area contributed by atoms with Crippen molar-refractivity contribution in [3.63, 3.8) is 0 Å². The predicted octanol–water partition coefficient (Wildman–Crippen LogP) is 2.47. The van der Waals surface area contributed by atoms with Crippen molar-refractivity contribution in [2.75, 3.05) is 0 Å². The molecule has 3 nitrogen and oxygen atoms in total. The molecule has 3 N–H and O–H groups in total. The van der Waals surface area contributed by atoms with Gasteiger partial charge in [-0.15, -0.1) is 0 Å². The van der Waals surface area contributed by atoms with Gasteiger partial charge in [0.2, 0.25) is 5.91 Å². The Bertz CT molecular complexity index is 423. The van der Waals surface area contributed by atoms with Crippen molar-refractivity contribution in [3.8, 4) is 0 Å². The Labute approximate surface area is 112 Å². The van der Waals surface area contributed by atoms with Crippen molar-refractivity contribution in [2.24, 2.45) is 11.7 Å². The lowest BCUT2D eigenvalue weighted by Gasteiger charge is -2.14. The first-order chi connectivity index (χ1) is 8.40. The molecule has 1 aromatic rings. The summed E-state index contributed by atoms with van der Waals surface area (Å²) in [5.74, 6) is -0.307. The lowest BCUT2D eigenvalue weighted by atomic mass is 10.0. The van der Waals surface area contributed by atoms with Gasteiger partial charge in [-0.25, -0.2) is 4.39 Å². The quantitative estimate of drug-likeness (QED) is 0.865. The zero-order valence-corrected chi connectivity index (χ0v) is 11.3. The molecule has 0 radical (unpaired) electrons. The molecule has 0 bridgehead atoms. The van der Waals surface area contributed by atoms with Gasteiger partial charge < -0.3 is 11.1 Å². The Morgan fingerprint density at radius 1 is 1.50 bits per heavy atom. The summed E-state index contributed by atoms with van der Waals surface area (Å²) in [6, 6.07) is 3.83. The fourth-order valence-corrected chi connectivity index (χ4v) is 1.79. The number of benzene rings is 1. The number of hydrogen-bond acceptors (Lipinski definition) is 2. The average Bonchev–Trinajstić information content (AvgIpc) is 2.29. The zero-order valence-electron chi connectivity index (χ0n) is 10.5. The minimum Gasteiger partial charge on any atom is -0.351 e. The minimum atomic E-state index is -0.513. The second-order valence-electron chi connectivity index (χ2n) is 4.70. The van der Waals surface area contributed by atoms with Gasteiger partial charge in [-0.1, -0.05) is 31.5 Å². The SMILES string of the molecule is CC(C)C[C@H](N)C(=O)NCc1ccc(F)c(Cl)c1. The van der Waals surface area contributed by atoms with Crippen molar-refractivity contribution < 1.29 is 9.18 Å². The maximum Gasteiger partial charge on any atom is 0.237 e. The summed E-state index contributed by atoms with van der Waals surface area (Å²) in [6.45, 7) is 4.31. The van der Waals surface area contributed by atoms with E-state index in [1.54, 1.807) is 6.07 Å². The molecule has 0 heterocycles. The molecule has 1 amide bonds. The highest BCUT2D eigenvalue weighted by atomic mass is 35.5. The van der Waals surface area contributed by atoms with Gasteiger partial charge in [0, 0.05) is 6.54 Å². The minimum absolute atomic E-state index is 0.0493. The number of hydrogen-bond donors (Lipinski definition) is 2. The number of amides is 1. The third-order valence-electron chi connectivity index (χ3n) is 2.51. The molecular weight excluding hydrogens is 255 g/mol. The van der Waals surface area contributed by atoms with Crippen LogP contribution in [0.1, 0.15) is 25.8 Å². The van der Waals surface area contributed by atoms with Crippen LogP contribution in [0.4, 0.5) is 4.39 Å². The molecule has 0 saturated carbocycles. The number of nitrogens with one attached hydrogen (secondary N) is 1. The molecule has 0 saturated heterocycles. The Morgan fingerprint density at radius 3 is 2.72 bits per heavy atom. The molecule has 100 valence electrons. The van der Waals surface area contributed by atoms with Crippen LogP contribution >= 0.6 is 11.6 Å². The number of halogens is 2. The first kappa shape index (κ1) is 14.9. The highest BCUT2D eigenvalue weighted by Gasteiger charge is 2.14. The van der Waals surface area contributed by atoms with Crippen molar-refractivity contribution in [1.29, 1.82) is 0 Å². The summed E-state index contributed by atoms with van der Waals surface area (Å²) in [6.07, 6.45) is 0.635. The molecule has 0 aliphatic carbocycles. The molecule has 0 spiro atoms. The van der Waals surface area contributed by atoms with Gasteiger partial charge in [0.25, 0.3) is 0 Å². The van der Waals surface area contributed by atoms with Gasteiger partial charge in [0.05, 0.1) is 11.1 Å². The largest absolute Gasteiger partial charge is 0.351 e. The number of rotatable bonds is 5.